The molecule has 3 rings (SSSR count). The van der Waals surface area contributed by atoms with Gasteiger partial charge in [0.25, 0.3) is 0 Å². The number of amidine groups is 1. The van der Waals surface area contributed by atoms with E-state index in [1.165, 1.54) is 35.4 Å². The van der Waals surface area contributed by atoms with Crippen molar-refractivity contribution < 1.29 is 9.13 Å². The van der Waals surface area contributed by atoms with Gasteiger partial charge in [-0.2, -0.15) is 5.10 Å². The maximum atomic E-state index is 13.0. The number of anilines is 1. The molecule has 0 atom stereocenters. The maximum Gasteiger partial charge on any atom is 0.166 e. The third-order valence-corrected chi connectivity index (χ3v) is 5.55. The van der Waals surface area contributed by atoms with E-state index in [9.17, 15) is 4.39 Å². The van der Waals surface area contributed by atoms with Crippen LogP contribution in [0.4, 0.5) is 10.1 Å². The van der Waals surface area contributed by atoms with Gasteiger partial charge < -0.3 is 20.7 Å². The van der Waals surface area contributed by atoms with Crippen molar-refractivity contribution in [2.24, 2.45) is 16.8 Å². The van der Waals surface area contributed by atoms with E-state index in [4.69, 9.17) is 16.4 Å². The largest absolute Gasteiger partial charge is 0.495 e. The van der Waals surface area contributed by atoms with Crippen molar-refractivity contribution >= 4 is 34.8 Å². The quantitative estimate of drug-likeness (QED) is 0.164. The molecule has 7 nitrogen and oxygen atoms in total. The summed E-state index contributed by atoms with van der Waals surface area (Å²) in [7, 11) is 1.57. The van der Waals surface area contributed by atoms with Crippen LogP contribution >= 0.6 is 23.3 Å². The van der Waals surface area contributed by atoms with E-state index < -0.39 is 0 Å². The number of nitrogens with one attached hydrogen (secondary N) is 2. The molecule has 0 unspecified atom stereocenters. The topological polar surface area (TPSA) is 111 Å². The van der Waals surface area contributed by atoms with E-state index in [1.54, 1.807) is 31.5 Å². The summed E-state index contributed by atoms with van der Waals surface area (Å²) < 4.78 is 22.6. The molecule has 3 aromatic rings. The number of hydrogen-bond donors (Lipinski definition) is 4. The predicted molar refractivity (Wildman–Crippen MR) is 108 cm³/mol. The molecule has 0 spiro atoms. The number of hydrazone groups is 1. The summed E-state index contributed by atoms with van der Waals surface area (Å²) in [6.45, 7) is 0. The first-order valence-electron chi connectivity index (χ1n) is 7.72. The highest BCUT2D eigenvalue weighted by Crippen LogP contribution is 2.34. The minimum atomic E-state index is -0.269. The van der Waals surface area contributed by atoms with Gasteiger partial charge in [-0.05, 0) is 54.4 Å². The predicted octanol–water partition coefficient (Wildman–Crippen LogP) is 3.16. The number of hydrazine groups is 1. The minimum absolute atomic E-state index is 0.269. The van der Waals surface area contributed by atoms with Gasteiger partial charge in [-0.3, -0.25) is 0 Å². The Labute approximate surface area is 163 Å². The smallest absolute Gasteiger partial charge is 0.166 e. The van der Waals surface area contributed by atoms with Crippen LogP contribution in [0, 0.1) is 5.82 Å². The van der Waals surface area contributed by atoms with Gasteiger partial charge in [0.05, 0.1) is 19.0 Å². The van der Waals surface area contributed by atoms with Gasteiger partial charge in [-0.25, -0.2) is 15.2 Å². The third-order valence-electron chi connectivity index (χ3n) is 3.58. The Bertz CT molecular complexity index is 945. The Morgan fingerprint density at radius 3 is 2.70 bits per heavy atom. The third kappa shape index (κ3) is 4.48. The number of nitrogens with two attached hydrogens (primary N) is 2. The zero-order chi connectivity index (χ0) is 19.2. The molecule has 0 amide bonds. The Kier molecular flexibility index (Phi) is 6.12. The molecule has 10 heteroatoms. The summed E-state index contributed by atoms with van der Waals surface area (Å²) in [4.78, 5) is 4.38. The van der Waals surface area contributed by atoms with Gasteiger partial charge in [0, 0.05) is 11.1 Å². The number of halogens is 1. The Balaban J connectivity index is 1.72. The highest BCUT2D eigenvalue weighted by molar-refractivity contribution is 8.02. The maximum absolute atomic E-state index is 13.0. The van der Waals surface area contributed by atoms with Crippen molar-refractivity contribution in [3.63, 3.8) is 0 Å². The minimum Gasteiger partial charge on any atom is -0.495 e. The van der Waals surface area contributed by atoms with Crippen molar-refractivity contribution in [2.75, 3.05) is 11.8 Å². The number of thiazole rings is 1. The number of methoxy groups -OCH3 is 1. The van der Waals surface area contributed by atoms with Crippen LogP contribution in [0.2, 0.25) is 0 Å². The van der Waals surface area contributed by atoms with Crippen LogP contribution in [0.1, 0.15) is 5.56 Å². The van der Waals surface area contributed by atoms with Gasteiger partial charge in [0.15, 0.2) is 5.84 Å². The van der Waals surface area contributed by atoms with Gasteiger partial charge in [-0.1, -0.05) is 0 Å². The number of ether oxygens (including phenoxy) is 1. The lowest BCUT2D eigenvalue weighted by Gasteiger charge is -2.12. The van der Waals surface area contributed by atoms with E-state index in [2.05, 4.69) is 20.2 Å². The zero-order valence-electron chi connectivity index (χ0n) is 14.3. The summed E-state index contributed by atoms with van der Waals surface area (Å²) in [5.41, 5.74) is 4.78. The summed E-state index contributed by atoms with van der Waals surface area (Å²) in [5, 5.41) is 4.40. The molecule has 0 saturated heterocycles. The summed E-state index contributed by atoms with van der Waals surface area (Å²) in [6, 6.07) is 11.7. The van der Waals surface area contributed by atoms with Crippen molar-refractivity contribution in [1.82, 2.24) is 10.4 Å². The molecular formula is C17H17FN6OS2. The second-order valence-corrected chi connectivity index (χ2v) is 7.37. The van der Waals surface area contributed by atoms with E-state index >= 15 is 0 Å². The second kappa shape index (κ2) is 8.71. The lowest BCUT2D eigenvalue weighted by Crippen LogP contribution is -2.32. The lowest BCUT2D eigenvalue weighted by atomic mass is 10.2. The van der Waals surface area contributed by atoms with Crippen LogP contribution in [0.5, 0.6) is 5.75 Å². The molecule has 0 fully saturated rings. The van der Waals surface area contributed by atoms with Crippen LogP contribution in [0.3, 0.4) is 0 Å². The van der Waals surface area contributed by atoms with Crippen LogP contribution in [-0.2, 0) is 0 Å². The van der Waals surface area contributed by atoms with Crippen molar-refractivity contribution in [1.29, 1.82) is 0 Å². The molecule has 2 aromatic carbocycles. The summed E-state index contributed by atoms with van der Waals surface area (Å²) in [5.74, 6) is 11.4. The SMILES string of the molecule is COc1cc(/C(=N/N)NN)ccc1NSc1cnc(-c2ccc(F)cc2)s1. The molecular weight excluding hydrogens is 387 g/mol. The van der Waals surface area contributed by atoms with Gasteiger partial charge in [0.1, 0.15) is 20.8 Å². The molecule has 0 bridgehead atoms. The molecule has 27 heavy (non-hydrogen) atoms. The number of nitrogens with zero attached hydrogens (tertiary/aromatic N) is 2. The first-order valence-corrected chi connectivity index (χ1v) is 9.35. The van der Waals surface area contributed by atoms with Crippen molar-refractivity contribution in [2.45, 2.75) is 4.21 Å². The highest BCUT2D eigenvalue weighted by atomic mass is 32.2. The molecule has 0 aliphatic heterocycles. The van der Waals surface area contributed by atoms with Crippen molar-refractivity contribution in [3.8, 4) is 16.3 Å². The standard InChI is InChI=1S/C17H17FN6OS2/c1-25-14-8-11(16(22-19)23-20)4-7-13(14)24-27-15-9-21-17(26-15)10-2-5-12(18)6-3-10/h2-9,24H,19-20H2,1H3,(H,22,23). The summed E-state index contributed by atoms with van der Waals surface area (Å²) in [6.07, 6.45) is 1.76. The number of hydrogen-bond acceptors (Lipinski definition) is 8. The van der Waals surface area contributed by atoms with Crippen LogP contribution in [0.25, 0.3) is 10.6 Å². The molecule has 0 aliphatic carbocycles. The van der Waals surface area contributed by atoms with E-state index in [0.717, 1.165) is 20.5 Å². The van der Waals surface area contributed by atoms with Crippen LogP contribution in [-0.4, -0.2) is 17.9 Å². The number of benzene rings is 2. The first kappa shape index (κ1) is 19.0. The summed E-state index contributed by atoms with van der Waals surface area (Å²) >= 11 is 2.91. The Morgan fingerprint density at radius 1 is 1.26 bits per heavy atom. The van der Waals surface area contributed by atoms with Crippen LogP contribution < -0.4 is 26.6 Å². The fraction of sp³-hybridized carbons (Fsp3) is 0.0588. The Morgan fingerprint density at radius 2 is 2.04 bits per heavy atom. The molecule has 1 aromatic heterocycles. The average molecular weight is 404 g/mol. The molecule has 0 saturated carbocycles. The molecule has 0 aliphatic rings. The van der Waals surface area contributed by atoms with E-state index in [1.807, 2.05) is 12.1 Å². The number of aromatic nitrogens is 1. The fourth-order valence-electron chi connectivity index (χ4n) is 2.26. The van der Waals surface area contributed by atoms with Gasteiger partial charge >= 0.3 is 0 Å². The van der Waals surface area contributed by atoms with Gasteiger partial charge in [0.2, 0.25) is 0 Å². The fourth-order valence-corrected chi connectivity index (χ4v) is 3.92. The second-order valence-electron chi connectivity index (χ2n) is 5.23. The molecule has 1 heterocycles. The van der Waals surface area contributed by atoms with Crippen LogP contribution in [0.15, 0.2) is 58.0 Å². The highest BCUT2D eigenvalue weighted by Gasteiger charge is 2.10. The average Bonchev–Trinajstić information content (AvgIpc) is 3.17. The molecule has 140 valence electrons. The zero-order valence-corrected chi connectivity index (χ0v) is 15.9. The number of rotatable bonds is 6. The Hall–Kier alpha value is -2.82. The lowest BCUT2D eigenvalue weighted by molar-refractivity contribution is 0.417. The van der Waals surface area contributed by atoms with Gasteiger partial charge in [-0.15, -0.1) is 11.3 Å². The van der Waals surface area contributed by atoms with E-state index in [0.29, 0.717) is 17.1 Å². The molecule has 0 radical (unpaired) electrons. The van der Waals surface area contributed by atoms with Crippen molar-refractivity contribution in [3.05, 3.63) is 60.0 Å². The first-order chi connectivity index (χ1) is 13.1. The van der Waals surface area contributed by atoms with E-state index in [-0.39, 0.29) is 5.82 Å². The molecule has 6 N–H and O–H groups in total. The normalized spacial score (nSPS) is 11.3. The monoisotopic (exact) mass is 404 g/mol.